The molecule has 0 spiro atoms. The molecule has 0 heterocycles. The van der Waals surface area contributed by atoms with Crippen LogP contribution in [-0.4, -0.2) is 18.6 Å². The number of rotatable bonds is 14. The molecule has 0 saturated heterocycles. The first kappa shape index (κ1) is 18.6. The van der Waals surface area contributed by atoms with Gasteiger partial charge in [0.15, 0.2) is 0 Å². The van der Waals surface area contributed by atoms with Gasteiger partial charge >= 0.3 is 6.09 Å². The lowest BCUT2D eigenvalue weighted by atomic mass is 10.1. The second-order valence-corrected chi connectivity index (χ2v) is 4.41. The molecule has 0 aliphatic carbocycles. The van der Waals surface area contributed by atoms with Crippen LogP contribution < -0.4 is 11.5 Å². The van der Waals surface area contributed by atoms with Crippen molar-refractivity contribution >= 4 is 12.0 Å². The SMILES string of the molecule is NC(=O)CCCCCCCCCCOOOOC(N)=O. The molecule has 4 N–H and O–H groups in total. The van der Waals surface area contributed by atoms with E-state index in [9.17, 15) is 9.59 Å². The highest BCUT2D eigenvalue weighted by molar-refractivity contribution is 5.73. The molecule has 118 valence electrons. The summed E-state index contributed by atoms with van der Waals surface area (Å²) in [7, 11) is 0. The molecule has 0 unspecified atom stereocenters. The van der Waals surface area contributed by atoms with Crippen molar-refractivity contribution in [3.8, 4) is 0 Å². The molecular formula is C12H24N2O6. The van der Waals surface area contributed by atoms with E-state index in [1.165, 1.54) is 0 Å². The topological polar surface area (TPSA) is 123 Å². The number of primary amides is 2. The van der Waals surface area contributed by atoms with Gasteiger partial charge in [-0.25, -0.2) is 14.6 Å². The average molecular weight is 292 g/mol. The number of nitrogens with two attached hydrogens (primary N) is 2. The van der Waals surface area contributed by atoms with Gasteiger partial charge in [0.25, 0.3) is 0 Å². The fourth-order valence-electron chi connectivity index (χ4n) is 1.62. The maximum absolute atomic E-state index is 10.5. The van der Waals surface area contributed by atoms with Crippen LogP contribution in [0.15, 0.2) is 0 Å². The zero-order valence-electron chi connectivity index (χ0n) is 11.7. The minimum absolute atomic E-state index is 0.225. The van der Waals surface area contributed by atoms with E-state index < -0.39 is 6.09 Å². The Labute approximate surface area is 118 Å². The Kier molecular flexibility index (Phi) is 13.1. The van der Waals surface area contributed by atoms with Crippen LogP contribution in [0.1, 0.15) is 57.8 Å². The zero-order valence-corrected chi connectivity index (χ0v) is 11.7. The standard InChI is InChI=1S/C12H24N2O6/c13-11(15)9-7-5-3-1-2-4-6-8-10-17-19-20-18-12(14)16/h1-10H2,(H2,13,15)(H2,14,16). The van der Waals surface area contributed by atoms with E-state index in [0.29, 0.717) is 13.0 Å². The lowest BCUT2D eigenvalue weighted by Crippen LogP contribution is -2.13. The first-order valence-electron chi connectivity index (χ1n) is 6.83. The van der Waals surface area contributed by atoms with Gasteiger partial charge in [-0.1, -0.05) is 38.5 Å². The maximum Gasteiger partial charge on any atom is 0.439 e. The average Bonchev–Trinajstić information content (AvgIpc) is 2.38. The fourth-order valence-corrected chi connectivity index (χ4v) is 1.62. The molecule has 8 nitrogen and oxygen atoms in total. The smallest absolute Gasteiger partial charge is 0.370 e. The fraction of sp³-hybridized carbons (Fsp3) is 0.833. The van der Waals surface area contributed by atoms with Crippen LogP contribution in [0.2, 0.25) is 0 Å². The van der Waals surface area contributed by atoms with Crippen LogP contribution >= 0.6 is 0 Å². The van der Waals surface area contributed by atoms with E-state index in [1.807, 2.05) is 0 Å². The summed E-state index contributed by atoms with van der Waals surface area (Å²) in [4.78, 5) is 28.9. The number of hydrogen-bond donors (Lipinski definition) is 2. The van der Waals surface area contributed by atoms with Crippen LogP contribution in [0, 0.1) is 0 Å². The van der Waals surface area contributed by atoms with Gasteiger partial charge < -0.3 is 11.5 Å². The third kappa shape index (κ3) is 16.6. The van der Waals surface area contributed by atoms with Gasteiger partial charge in [-0.2, -0.15) is 0 Å². The third-order valence-electron chi connectivity index (χ3n) is 2.59. The summed E-state index contributed by atoms with van der Waals surface area (Å²) in [5.41, 5.74) is 9.65. The van der Waals surface area contributed by atoms with E-state index >= 15 is 0 Å². The number of unbranched alkanes of at least 4 members (excludes halogenated alkanes) is 7. The minimum Gasteiger partial charge on any atom is -0.370 e. The van der Waals surface area contributed by atoms with Gasteiger partial charge in [0.05, 0.1) is 6.61 Å². The molecule has 20 heavy (non-hydrogen) atoms. The molecule has 0 bridgehead atoms. The summed E-state index contributed by atoms with van der Waals surface area (Å²) in [6.45, 7) is 0.348. The van der Waals surface area contributed by atoms with Crippen LogP contribution in [0.4, 0.5) is 4.79 Å². The molecule has 0 fully saturated rings. The Morgan fingerprint density at radius 1 is 0.750 bits per heavy atom. The van der Waals surface area contributed by atoms with Crippen molar-refractivity contribution < 1.29 is 29.4 Å². The van der Waals surface area contributed by atoms with E-state index in [2.05, 4.69) is 25.6 Å². The van der Waals surface area contributed by atoms with E-state index in [1.54, 1.807) is 0 Å². The van der Waals surface area contributed by atoms with Crippen LogP contribution in [0.3, 0.4) is 0 Å². The molecular weight excluding hydrogens is 268 g/mol. The zero-order chi connectivity index (χ0) is 15.1. The molecule has 0 saturated carbocycles. The van der Waals surface area contributed by atoms with Crippen LogP contribution in [0.25, 0.3) is 0 Å². The summed E-state index contributed by atoms with van der Waals surface area (Å²) in [6, 6.07) is 0. The highest BCUT2D eigenvalue weighted by Gasteiger charge is 1.97. The highest BCUT2D eigenvalue weighted by Crippen LogP contribution is 2.09. The van der Waals surface area contributed by atoms with Gasteiger partial charge in [-0.15, -0.1) is 0 Å². The number of amides is 2. The van der Waals surface area contributed by atoms with Crippen molar-refractivity contribution in [2.24, 2.45) is 11.5 Å². The number of carbonyl (C=O) groups is 2. The van der Waals surface area contributed by atoms with Gasteiger partial charge in [0, 0.05) is 11.5 Å². The predicted octanol–water partition coefficient (Wildman–Crippen LogP) is 1.87. The second-order valence-electron chi connectivity index (χ2n) is 4.41. The van der Waals surface area contributed by atoms with Crippen LogP contribution in [-0.2, 0) is 24.6 Å². The minimum atomic E-state index is -1.11. The molecule has 0 aromatic rings. The summed E-state index contributed by atoms with van der Waals surface area (Å²) in [6.07, 6.45) is 7.70. The molecule has 0 aromatic heterocycles. The summed E-state index contributed by atoms with van der Waals surface area (Å²) >= 11 is 0. The Morgan fingerprint density at radius 3 is 1.85 bits per heavy atom. The van der Waals surface area contributed by atoms with Crippen molar-refractivity contribution in [1.29, 1.82) is 0 Å². The summed E-state index contributed by atoms with van der Waals surface area (Å²) < 4.78 is 0. The Morgan fingerprint density at radius 2 is 1.30 bits per heavy atom. The van der Waals surface area contributed by atoms with Crippen molar-refractivity contribution in [2.75, 3.05) is 6.61 Å². The lowest BCUT2D eigenvalue weighted by Gasteiger charge is -2.02. The van der Waals surface area contributed by atoms with Gasteiger partial charge in [0.1, 0.15) is 0 Å². The second kappa shape index (κ2) is 14.0. The normalized spacial score (nSPS) is 10.4. The molecule has 0 aliphatic rings. The number of hydrogen-bond acceptors (Lipinski definition) is 6. The Balaban J connectivity index is 2.99. The van der Waals surface area contributed by atoms with Gasteiger partial charge in [-0.05, 0) is 17.9 Å². The van der Waals surface area contributed by atoms with E-state index in [-0.39, 0.29) is 5.91 Å². The maximum atomic E-state index is 10.5. The first-order chi connectivity index (χ1) is 9.63. The lowest BCUT2D eigenvalue weighted by molar-refractivity contribution is -0.615. The van der Waals surface area contributed by atoms with Crippen molar-refractivity contribution in [2.45, 2.75) is 57.8 Å². The third-order valence-corrected chi connectivity index (χ3v) is 2.59. The summed E-state index contributed by atoms with van der Waals surface area (Å²) in [5, 5.41) is 7.94. The van der Waals surface area contributed by atoms with E-state index in [4.69, 9.17) is 5.73 Å². The molecule has 0 radical (unpaired) electrons. The first-order valence-corrected chi connectivity index (χ1v) is 6.83. The Bertz CT molecular complexity index is 236. The summed E-state index contributed by atoms with van der Waals surface area (Å²) in [5.74, 6) is -0.225. The highest BCUT2D eigenvalue weighted by atomic mass is 17.7. The monoisotopic (exact) mass is 292 g/mol. The van der Waals surface area contributed by atoms with Crippen LogP contribution in [0.5, 0.6) is 0 Å². The number of carbonyl (C=O) groups excluding carboxylic acids is 2. The van der Waals surface area contributed by atoms with Crippen molar-refractivity contribution in [1.82, 2.24) is 0 Å². The van der Waals surface area contributed by atoms with Gasteiger partial charge in [-0.3, -0.25) is 4.79 Å². The Hall–Kier alpha value is -1.38. The molecule has 8 heteroatoms. The molecule has 2 amide bonds. The predicted molar refractivity (Wildman–Crippen MR) is 69.5 cm³/mol. The quantitative estimate of drug-likeness (QED) is 0.286. The van der Waals surface area contributed by atoms with Crippen molar-refractivity contribution in [3.63, 3.8) is 0 Å². The van der Waals surface area contributed by atoms with E-state index in [0.717, 1.165) is 51.4 Å². The largest absolute Gasteiger partial charge is 0.439 e. The molecule has 0 rings (SSSR count). The molecule has 0 aromatic carbocycles. The molecule has 0 atom stereocenters. The molecule has 0 aliphatic heterocycles. The van der Waals surface area contributed by atoms with Gasteiger partial charge in [0.2, 0.25) is 5.91 Å². The van der Waals surface area contributed by atoms with Crippen molar-refractivity contribution in [3.05, 3.63) is 0 Å².